The average molecular weight is 396 g/mol. The Bertz CT molecular complexity index is 953. The van der Waals surface area contributed by atoms with E-state index in [4.69, 9.17) is 0 Å². The molecule has 3 rings (SSSR count). The SMILES string of the molecule is CCC(C)(C)N(C(=O)c1ccccc1F)C1CC(=O)N(c2ccc(C)cc2)C1=O. The molecule has 0 aromatic heterocycles. The molecule has 6 heteroatoms. The minimum absolute atomic E-state index is 0.108. The van der Waals surface area contributed by atoms with E-state index in [1.165, 1.54) is 23.1 Å². The van der Waals surface area contributed by atoms with Crippen molar-refractivity contribution >= 4 is 23.4 Å². The van der Waals surface area contributed by atoms with Gasteiger partial charge in [0.25, 0.3) is 11.8 Å². The molecular formula is C23H25FN2O3. The van der Waals surface area contributed by atoms with Crippen LogP contribution >= 0.6 is 0 Å². The van der Waals surface area contributed by atoms with Crippen LogP contribution in [-0.4, -0.2) is 34.2 Å². The minimum Gasteiger partial charge on any atom is -0.321 e. The zero-order valence-corrected chi connectivity index (χ0v) is 17.1. The molecule has 1 unspecified atom stereocenters. The van der Waals surface area contributed by atoms with Gasteiger partial charge < -0.3 is 4.90 Å². The van der Waals surface area contributed by atoms with E-state index < -0.39 is 29.2 Å². The van der Waals surface area contributed by atoms with E-state index >= 15 is 0 Å². The van der Waals surface area contributed by atoms with Crippen LogP contribution in [0, 0.1) is 12.7 Å². The van der Waals surface area contributed by atoms with E-state index in [-0.39, 0.29) is 17.9 Å². The van der Waals surface area contributed by atoms with Crippen molar-refractivity contribution in [2.45, 2.75) is 52.1 Å². The molecule has 1 saturated heterocycles. The third kappa shape index (κ3) is 3.79. The van der Waals surface area contributed by atoms with Crippen LogP contribution in [0.1, 0.15) is 49.5 Å². The van der Waals surface area contributed by atoms with Crippen LogP contribution in [0.15, 0.2) is 48.5 Å². The third-order valence-corrected chi connectivity index (χ3v) is 5.57. The number of benzene rings is 2. The van der Waals surface area contributed by atoms with Crippen LogP contribution in [0.25, 0.3) is 0 Å². The molecule has 0 saturated carbocycles. The van der Waals surface area contributed by atoms with E-state index in [1.807, 2.05) is 39.8 Å². The number of hydrogen-bond donors (Lipinski definition) is 0. The first-order chi connectivity index (χ1) is 13.7. The number of carbonyl (C=O) groups is 3. The fourth-order valence-electron chi connectivity index (χ4n) is 3.56. The second-order valence-corrected chi connectivity index (χ2v) is 7.94. The smallest absolute Gasteiger partial charge is 0.257 e. The van der Waals surface area contributed by atoms with Gasteiger partial charge in [-0.15, -0.1) is 0 Å². The summed E-state index contributed by atoms with van der Waals surface area (Å²) < 4.78 is 14.3. The average Bonchev–Trinajstić information content (AvgIpc) is 2.96. The number of carbonyl (C=O) groups excluding carboxylic acids is 3. The molecule has 152 valence electrons. The van der Waals surface area contributed by atoms with Gasteiger partial charge >= 0.3 is 0 Å². The van der Waals surface area contributed by atoms with Crippen LogP contribution in [-0.2, 0) is 9.59 Å². The lowest BCUT2D eigenvalue weighted by Crippen LogP contribution is -2.55. The Morgan fingerprint density at radius 2 is 1.76 bits per heavy atom. The van der Waals surface area contributed by atoms with Gasteiger partial charge in [0.15, 0.2) is 0 Å². The first kappa shape index (κ1) is 20.7. The molecule has 1 aliphatic rings. The van der Waals surface area contributed by atoms with Crippen molar-refractivity contribution in [3.63, 3.8) is 0 Å². The highest BCUT2D eigenvalue weighted by Gasteiger charge is 2.48. The topological polar surface area (TPSA) is 57.7 Å². The maximum Gasteiger partial charge on any atom is 0.257 e. The van der Waals surface area contributed by atoms with Crippen molar-refractivity contribution in [3.8, 4) is 0 Å². The van der Waals surface area contributed by atoms with Crippen molar-refractivity contribution in [3.05, 3.63) is 65.5 Å². The highest BCUT2D eigenvalue weighted by atomic mass is 19.1. The van der Waals surface area contributed by atoms with Crippen LogP contribution in [0.2, 0.25) is 0 Å². The van der Waals surface area contributed by atoms with Crippen molar-refractivity contribution in [1.29, 1.82) is 0 Å². The number of aryl methyl sites for hydroxylation is 1. The number of nitrogens with zero attached hydrogens (tertiary/aromatic N) is 2. The van der Waals surface area contributed by atoms with Crippen LogP contribution in [0.5, 0.6) is 0 Å². The fraction of sp³-hybridized carbons (Fsp3) is 0.348. The van der Waals surface area contributed by atoms with Gasteiger partial charge in [0, 0.05) is 5.54 Å². The molecule has 0 N–H and O–H groups in total. The highest BCUT2D eigenvalue weighted by molar-refractivity contribution is 6.23. The highest BCUT2D eigenvalue weighted by Crippen LogP contribution is 2.32. The maximum absolute atomic E-state index is 14.3. The first-order valence-corrected chi connectivity index (χ1v) is 9.69. The van der Waals surface area contributed by atoms with Gasteiger partial charge in [0.05, 0.1) is 17.7 Å². The van der Waals surface area contributed by atoms with E-state index in [1.54, 1.807) is 18.2 Å². The predicted octanol–water partition coefficient (Wildman–Crippen LogP) is 4.10. The summed E-state index contributed by atoms with van der Waals surface area (Å²) in [7, 11) is 0. The van der Waals surface area contributed by atoms with E-state index in [0.717, 1.165) is 10.5 Å². The summed E-state index contributed by atoms with van der Waals surface area (Å²) in [5.41, 5.74) is 0.625. The van der Waals surface area contributed by atoms with E-state index in [9.17, 15) is 18.8 Å². The van der Waals surface area contributed by atoms with Crippen molar-refractivity contribution < 1.29 is 18.8 Å². The molecule has 0 aliphatic carbocycles. The number of amides is 3. The van der Waals surface area contributed by atoms with Gasteiger partial charge in [-0.05, 0) is 51.5 Å². The molecule has 1 aliphatic heterocycles. The normalized spacial score (nSPS) is 17.0. The van der Waals surface area contributed by atoms with E-state index in [0.29, 0.717) is 12.1 Å². The summed E-state index contributed by atoms with van der Waals surface area (Å²) in [5, 5.41) is 0. The number of hydrogen-bond acceptors (Lipinski definition) is 3. The molecule has 2 aromatic rings. The molecule has 29 heavy (non-hydrogen) atoms. The molecule has 0 spiro atoms. The van der Waals surface area contributed by atoms with Crippen LogP contribution in [0.3, 0.4) is 0 Å². The Kier molecular flexibility index (Phi) is 5.55. The summed E-state index contributed by atoms with van der Waals surface area (Å²) in [6, 6.07) is 11.8. The molecule has 0 radical (unpaired) electrons. The molecule has 3 amide bonds. The standard InChI is InChI=1S/C23H25FN2O3/c1-5-23(3,4)26(21(28)17-8-6-7-9-18(17)24)19-14-20(27)25(22(19)29)16-12-10-15(2)11-13-16/h6-13,19H,5,14H2,1-4H3. The number of halogens is 1. The van der Waals surface area contributed by atoms with Crippen LogP contribution < -0.4 is 4.90 Å². The Hall–Kier alpha value is -3.02. The van der Waals surface area contributed by atoms with Gasteiger partial charge in [-0.3, -0.25) is 14.4 Å². The first-order valence-electron chi connectivity index (χ1n) is 9.69. The lowest BCUT2D eigenvalue weighted by atomic mass is 9.94. The molecule has 1 heterocycles. The lowest BCUT2D eigenvalue weighted by molar-refractivity contribution is -0.123. The van der Waals surface area contributed by atoms with Crippen molar-refractivity contribution in [2.24, 2.45) is 0 Å². The minimum atomic E-state index is -0.981. The quantitative estimate of drug-likeness (QED) is 0.715. The molecule has 2 aromatic carbocycles. The van der Waals surface area contributed by atoms with Gasteiger partial charge in [0.2, 0.25) is 5.91 Å². The largest absolute Gasteiger partial charge is 0.321 e. The third-order valence-electron chi connectivity index (χ3n) is 5.57. The molecule has 5 nitrogen and oxygen atoms in total. The van der Waals surface area contributed by atoms with Crippen molar-refractivity contribution in [1.82, 2.24) is 4.90 Å². The Morgan fingerprint density at radius 3 is 2.34 bits per heavy atom. The van der Waals surface area contributed by atoms with E-state index in [2.05, 4.69) is 0 Å². The predicted molar refractivity (Wildman–Crippen MR) is 109 cm³/mol. The summed E-state index contributed by atoms with van der Waals surface area (Å²) in [5.74, 6) is -2.08. The Balaban J connectivity index is 2.02. The molecular weight excluding hydrogens is 371 g/mol. The maximum atomic E-state index is 14.3. The lowest BCUT2D eigenvalue weighted by Gasteiger charge is -2.41. The zero-order chi connectivity index (χ0) is 21.3. The number of anilines is 1. The molecule has 1 atom stereocenters. The second-order valence-electron chi connectivity index (χ2n) is 7.94. The van der Waals surface area contributed by atoms with Gasteiger partial charge in [-0.25, -0.2) is 9.29 Å². The Morgan fingerprint density at radius 1 is 1.14 bits per heavy atom. The zero-order valence-electron chi connectivity index (χ0n) is 17.1. The second kappa shape index (κ2) is 7.78. The summed E-state index contributed by atoms with van der Waals surface area (Å²) in [6.45, 7) is 7.44. The number of imide groups is 1. The Labute approximate surface area is 170 Å². The molecule has 0 bridgehead atoms. The molecule has 1 fully saturated rings. The van der Waals surface area contributed by atoms with Gasteiger partial charge in [-0.1, -0.05) is 36.8 Å². The van der Waals surface area contributed by atoms with Crippen LogP contribution in [0.4, 0.5) is 10.1 Å². The monoisotopic (exact) mass is 396 g/mol. The summed E-state index contributed by atoms with van der Waals surface area (Å²) in [6.07, 6.45) is 0.409. The summed E-state index contributed by atoms with van der Waals surface area (Å²) in [4.78, 5) is 41.8. The van der Waals surface area contributed by atoms with Gasteiger partial charge in [-0.2, -0.15) is 0 Å². The summed E-state index contributed by atoms with van der Waals surface area (Å²) >= 11 is 0. The van der Waals surface area contributed by atoms with Gasteiger partial charge in [0.1, 0.15) is 11.9 Å². The number of rotatable bonds is 5. The van der Waals surface area contributed by atoms with Crippen molar-refractivity contribution in [2.75, 3.05) is 4.90 Å². The fourth-order valence-corrected chi connectivity index (χ4v) is 3.56.